The lowest BCUT2D eigenvalue weighted by Gasteiger charge is -2.21. The van der Waals surface area contributed by atoms with Crippen molar-refractivity contribution in [1.82, 2.24) is 9.88 Å². The standard InChI is InChI=1S/C17H20N2O4/c1-11(17(22)23-10-12-5-4-8-18-9-12)19-15(20)13-6-2-3-7-14(13)16(19)21/h4-5,8-9,11,13-14H,2-3,6-7,10H2,1H3. The van der Waals surface area contributed by atoms with Gasteiger partial charge in [-0.1, -0.05) is 18.9 Å². The molecule has 1 aliphatic carbocycles. The Morgan fingerprint density at radius 2 is 1.96 bits per heavy atom. The number of carbonyl (C=O) groups excluding carboxylic acids is 3. The summed E-state index contributed by atoms with van der Waals surface area (Å²) in [5.74, 6) is -1.49. The Morgan fingerprint density at radius 3 is 2.52 bits per heavy atom. The van der Waals surface area contributed by atoms with Crippen LogP contribution in [0.2, 0.25) is 0 Å². The first-order valence-electron chi connectivity index (χ1n) is 8.02. The van der Waals surface area contributed by atoms with Gasteiger partial charge in [-0.3, -0.25) is 19.5 Å². The van der Waals surface area contributed by atoms with E-state index in [1.165, 1.54) is 0 Å². The van der Waals surface area contributed by atoms with Crippen LogP contribution in [0.4, 0.5) is 0 Å². The predicted octanol–water partition coefficient (Wildman–Crippen LogP) is 1.69. The number of aromatic nitrogens is 1. The maximum Gasteiger partial charge on any atom is 0.329 e. The zero-order valence-electron chi connectivity index (χ0n) is 13.1. The molecule has 6 heteroatoms. The number of likely N-dealkylation sites (tertiary alicyclic amines) is 1. The van der Waals surface area contributed by atoms with Crippen LogP contribution in [-0.4, -0.2) is 33.7 Å². The van der Waals surface area contributed by atoms with E-state index in [-0.39, 0.29) is 30.3 Å². The van der Waals surface area contributed by atoms with Crippen molar-refractivity contribution in [2.24, 2.45) is 11.8 Å². The molecule has 1 aromatic rings. The lowest BCUT2D eigenvalue weighted by molar-refractivity contribution is -0.159. The SMILES string of the molecule is CC(C(=O)OCc1cccnc1)N1C(=O)C2CCCCC2C1=O. The smallest absolute Gasteiger partial charge is 0.329 e. The van der Waals surface area contributed by atoms with Crippen LogP contribution >= 0.6 is 0 Å². The molecule has 1 aromatic heterocycles. The minimum Gasteiger partial charge on any atom is -0.459 e. The molecule has 1 saturated carbocycles. The van der Waals surface area contributed by atoms with Crippen LogP contribution in [0.5, 0.6) is 0 Å². The van der Waals surface area contributed by atoms with Gasteiger partial charge in [-0.05, 0) is 25.8 Å². The van der Waals surface area contributed by atoms with Gasteiger partial charge in [0.25, 0.3) is 0 Å². The Morgan fingerprint density at radius 1 is 1.30 bits per heavy atom. The monoisotopic (exact) mass is 316 g/mol. The van der Waals surface area contributed by atoms with Gasteiger partial charge in [-0.15, -0.1) is 0 Å². The van der Waals surface area contributed by atoms with Crippen molar-refractivity contribution in [2.75, 3.05) is 0 Å². The molecule has 23 heavy (non-hydrogen) atoms. The van der Waals surface area contributed by atoms with Gasteiger partial charge < -0.3 is 4.74 Å². The maximum absolute atomic E-state index is 12.5. The van der Waals surface area contributed by atoms with Gasteiger partial charge in [-0.2, -0.15) is 0 Å². The zero-order valence-corrected chi connectivity index (χ0v) is 13.1. The third-order valence-electron chi connectivity index (χ3n) is 4.71. The van der Waals surface area contributed by atoms with E-state index >= 15 is 0 Å². The quantitative estimate of drug-likeness (QED) is 0.624. The molecule has 2 heterocycles. The molecular weight excluding hydrogens is 296 g/mol. The summed E-state index contributed by atoms with van der Waals surface area (Å²) in [6, 6.07) is 2.67. The number of hydrogen-bond acceptors (Lipinski definition) is 5. The second-order valence-electron chi connectivity index (χ2n) is 6.19. The molecule has 3 unspecified atom stereocenters. The first-order valence-corrected chi connectivity index (χ1v) is 8.02. The molecule has 2 aliphatic rings. The zero-order chi connectivity index (χ0) is 16.4. The van der Waals surface area contributed by atoms with Crippen molar-refractivity contribution < 1.29 is 19.1 Å². The fraction of sp³-hybridized carbons (Fsp3) is 0.529. The first-order chi connectivity index (χ1) is 11.1. The number of imide groups is 1. The molecule has 0 radical (unpaired) electrons. The second kappa shape index (κ2) is 6.48. The Bertz CT molecular complexity index is 592. The van der Waals surface area contributed by atoms with Crippen LogP contribution in [0, 0.1) is 11.8 Å². The topological polar surface area (TPSA) is 76.6 Å². The van der Waals surface area contributed by atoms with E-state index in [2.05, 4.69) is 4.98 Å². The fourth-order valence-corrected chi connectivity index (χ4v) is 3.43. The predicted molar refractivity (Wildman–Crippen MR) is 80.8 cm³/mol. The highest BCUT2D eigenvalue weighted by Gasteiger charge is 2.51. The summed E-state index contributed by atoms with van der Waals surface area (Å²) < 4.78 is 5.23. The van der Waals surface area contributed by atoms with E-state index in [0.717, 1.165) is 36.1 Å². The highest BCUT2D eigenvalue weighted by Crippen LogP contribution is 2.38. The van der Waals surface area contributed by atoms with Gasteiger partial charge in [0.2, 0.25) is 11.8 Å². The van der Waals surface area contributed by atoms with Crippen molar-refractivity contribution in [3.63, 3.8) is 0 Å². The number of esters is 1. The lowest BCUT2D eigenvalue weighted by atomic mass is 9.81. The number of nitrogens with zero attached hydrogens (tertiary/aromatic N) is 2. The molecular formula is C17H20N2O4. The highest BCUT2D eigenvalue weighted by molar-refractivity contribution is 6.07. The first kappa shape index (κ1) is 15.6. The summed E-state index contributed by atoms with van der Waals surface area (Å²) in [7, 11) is 0. The van der Waals surface area contributed by atoms with E-state index in [9.17, 15) is 14.4 Å². The number of ether oxygens (including phenoxy) is 1. The van der Waals surface area contributed by atoms with E-state index in [1.54, 1.807) is 31.5 Å². The van der Waals surface area contributed by atoms with E-state index < -0.39 is 12.0 Å². The van der Waals surface area contributed by atoms with Gasteiger partial charge in [0.1, 0.15) is 12.6 Å². The summed E-state index contributed by atoms with van der Waals surface area (Å²) in [5, 5.41) is 0. The van der Waals surface area contributed by atoms with Gasteiger partial charge >= 0.3 is 5.97 Å². The van der Waals surface area contributed by atoms with Crippen molar-refractivity contribution in [1.29, 1.82) is 0 Å². The van der Waals surface area contributed by atoms with Crippen LogP contribution < -0.4 is 0 Å². The summed E-state index contributed by atoms with van der Waals surface area (Å²) in [6.07, 6.45) is 6.66. The lowest BCUT2D eigenvalue weighted by Crippen LogP contribution is -2.44. The van der Waals surface area contributed by atoms with Crippen LogP contribution in [0.15, 0.2) is 24.5 Å². The Balaban J connectivity index is 1.65. The molecule has 3 rings (SSSR count). The molecule has 2 fully saturated rings. The van der Waals surface area contributed by atoms with Crippen molar-refractivity contribution in [3.05, 3.63) is 30.1 Å². The average Bonchev–Trinajstić information content (AvgIpc) is 2.84. The molecule has 1 saturated heterocycles. The minimum absolute atomic E-state index is 0.0834. The molecule has 0 spiro atoms. The van der Waals surface area contributed by atoms with Gasteiger partial charge in [0.05, 0.1) is 11.8 Å². The number of pyridine rings is 1. The molecule has 3 atom stereocenters. The summed E-state index contributed by atoms with van der Waals surface area (Å²) in [5.41, 5.74) is 0.765. The van der Waals surface area contributed by atoms with Crippen molar-refractivity contribution >= 4 is 17.8 Å². The van der Waals surface area contributed by atoms with Crippen LogP contribution in [0.3, 0.4) is 0 Å². The Labute approximate surface area is 134 Å². The van der Waals surface area contributed by atoms with E-state index in [1.807, 2.05) is 0 Å². The van der Waals surface area contributed by atoms with Crippen molar-refractivity contribution in [3.8, 4) is 0 Å². The molecule has 0 N–H and O–H groups in total. The fourth-order valence-electron chi connectivity index (χ4n) is 3.43. The maximum atomic E-state index is 12.5. The largest absolute Gasteiger partial charge is 0.459 e. The normalized spacial score (nSPS) is 25.2. The molecule has 0 bridgehead atoms. The van der Waals surface area contributed by atoms with Gasteiger partial charge in [0, 0.05) is 18.0 Å². The highest BCUT2D eigenvalue weighted by atomic mass is 16.5. The molecule has 122 valence electrons. The van der Waals surface area contributed by atoms with Crippen molar-refractivity contribution in [2.45, 2.75) is 45.3 Å². The Kier molecular flexibility index (Phi) is 4.41. The van der Waals surface area contributed by atoms with Crippen LogP contribution in [0.25, 0.3) is 0 Å². The summed E-state index contributed by atoms with van der Waals surface area (Å²) in [4.78, 5) is 42.2. The molecule has 0 aromatic carbocycles. The second-order valence-corrected chi connectivity index (χ2v) is 6.19. The minimum atomic E-state index is -0.878. The average molecular weight is 316 g/mol. The molecule has 6 nitrogen and oxygen atoms in total. The third kappa shape index (κ3) is 2.98. The number of carbonyl (C=O) groups is 3. The van der Waals surface area contributed by atoms with Crippen LogP contribution in [0.1, 0.15) is 38.2 Å². The number of rotatable bonds is 4. The van der Waals surface area contributed by atoms with Crippen LogP contribution in [-0.2, 0) is 25.7 Å². The van der Waals surface area contributed by atoms with E-state index in [4.69, 9.17) is 4.74 Å². The number of hydrogen-bond donors (Lipinski definition) is 0. The van der Waals surface area contributed by atoms with E-state index in [0.29, 0.717) is 0 Å². The third-order valence-corrected chi connectivity index (χ3v) is 4.71. The van der Waals surface area contributed by atoms with Gasteiger partial charge in [-0.25, -0.2) is 4.79 Å². The van der Waals surface area contributed by atoms with Gasteiger partial charge in [0.15, 0.2) is 0 Å². The molecule has 2 amide bonds. The Hall–Kier alpha value is -2.24. The summed E-state index contributed by atoms with van der Waals surface area (Å²) in [6.45, 7) is 1.64. The molecule has 1 aliphatic heterocycles. The summed E-state index contributed by atoms with van der Waals surface area (Å²) >= 11 is 0. The number of fused-ring (bicyclic) bond motifs is 1. The number of amides is 2.